The van der Waals surface area contributed by atoms with Crippen LogP contribution in [0.5, 0.6) is 0 Å². The molecule has 37 heavy (non-hydrogen) atoms. The fourth-order valence-corrected chi connectivity index (χ4v) is 4.52. The molecule has 4 aromatic rings. The summed E-state index contributed by atoms with van der Waals surface area (Å²) >= 11 is 5.99. The predicted molar refractivity (Wildman–Crippen MR) is 147 cm³/mol. The van der Waals surface area contributed by atoms with Crippen LogP contribution in [0.15, 0.2) is 64.2 Å². The van der Waals surface area contributed by atoms with Crippen molar-refractivity contribution in [2.75, 3.05) is 0 Å². The smallest absolute Gasteiger partial charge is 0.332 e. The molecule has 0 fully saturated rings. The second-order valence-electron chi connectivity index (χ2n) is 9.12. The Hall–Kier alpha value is -3.65. The minimum absolute atomic E-state index is 0.0627. The van der Waals surface area contributed by atoms with Crippen molar-refractivity contribution in [2.45, 2.75) is 65.1 Å². The van der Waals surface area contributed by atoms with Crippen molar-refractivity contribution < 1.29 is 4.79 Å². The molecule has 2 N–H and O–H groups in total. The molecule has 0 spiro atoms. The zero-order valence-corrected chi connectivity index (χ0v) is 21.8. The third-order valence-corrected chi connectivity index (χ3v) is 6.58. The number of carbonyl (C=O) groups is 1. The molecule has 0 unspecified atom stereocenters. The number of nitrogens with zero attached hydrogens (tertiary/aromatic N) is 3. The summed E-state index contributed by atoms with van der Waals surface area (Å²) in [6.07, 6.45) is 4.19. The number of unbranched alkanes of at least 4 members (excludes halogenated alkanes) is 3. The monoisotopic (exact) mass is 521 g/mol. The van der Waals surface area contributed by atoms with Crippen LogP contribution in [-0.4, -0.2) is 25.0 Å². The largest absolute Gasteiger partial charge is 0.352 e. The van der Waals surface area contributed by atoms with Gasteiger partial charge in [0.05, 0.1) is 0 Å². The summed E-state index contributed by atoms with van der Waals surface area (Å²) in [5.41, 5.74) is 3.01. The van der Waals surface area contributed by atoms with E-state index in [4.69, 9.17) is 11.6 Å². The molecule has 0 radical (unpaired) electrons. The minimum atomic E-state index is -0.436. The quantitative estimate of drug-likeness (QED) is 0.205. The number of amides is 1. The van der Waals surface area contributed by atoms with Gasteiger partial charge in [-0.25, -0.2) is 4.79 Å². The van der Waals surface area contributed by atoms with Gasteiger partial charge in [-0.05, 0) is 47.6 Å². The first-order valence-electron chi connectivity index (χ1n) is 12.8. The van der Waals surface area contributed by atoms with Crippen molar-refractivity contribution in [1.29, 1.82) is 0 Å². The Bertz CT molecular complexity index is 1460. The van der Waals surface area contributed by atoms with Gasteiger partial charge in [-0.15, -0.1) is 0 Å². The highest BCUT2D eigenvalue weighted by Crippen LogP contribution is 2.19. The van der Waals surface area contributed by atoms with Crippen LogP contribution in [-0.2, 0) is 24.4 Å². The van der Waals surface area contributed by atoms with Crippen LogP contribution in [0.25, 0.3) is 22.3 Å². The number of carbonyl (C=O) groups excluding carboxylic acids is 1. The molecule has 2 aromatic heterocycles. The number of rotatable bonds is 12. The molecule has 1 amide bonds. The Balaban J connectivity index is 1.30. The molecule has 0 bridgehead atoms. The van der Waals surface area contributed by atoms with Crippen LogP contribution in [0.1, 0.15) is 51.0 Å². The number of hydrogen-bond donors (Lipinski definition) is 2. The Morgan fingerprint density at radius 2 is 1.59 bits per heavy atom. The zero-order valence-electron chi connectivity index (χ0n) is 21.0. The fraction of sp³-hybridized carbons (Fsp3) is 0.357. The molecule has 0 saturated carbocycles. The van der Waals surface area contributed by atoms with Gasteiger partial charge in [0, 0.05) is 26.1 Å². The van der Waals surface area contributed by atoms with E-state index in [1.807, 2.05) is 42.5 Å². The van der Waals surface area contributed by atoms with Gasteiger partial charge in [0.2, 0.25) is 11.2 Å². The van der Waals surface area contributed by atoms with Gasteiger partial charge in [-0.1, -0.05) is 74.4 Å². The maximum atomic E-state index is 13.1. The summed E-state index contributed by atoms with van der Waals surface area (Å²) in [5.74, 6) is -0.0627. The number of halogens is 1. The number of aryl methyl sites for hydroxylation is 1. The summed E-state index contributed by atoms with van der Waals surface area (Å²) in [7, 11) is 0. The Morgan fingerprint density at radius 3 is 2.32 bits per heavy atom. The van der Waals surface area contributed by atoms with Crippen molar-refractivity contribution in [3.05, 3.63) is 86.3 Å². The van der Waals surface area contributed by atoms with Gasteiger partial charge in [-0.2, -0.15) is 4.98 Å². The van der Waals surface area contributed by atoms with Crippen molar-refractivity contribution in [3.63, 3.8) is 0 Å². The van der Waals surface area contributed by atoms with E-state index < -0.39 is 5.56 Å². The Labute approximate surface area is 220 Å². The van der Waals surface area contributed by atoms with Crippen LogP contribution in [0.2, 0.25) is 5.28 Å². The lowest BCUT2D eigenvalue weighted by atomic mass is 10.0. The van der Waals surface area contributed by atoms with E-state index in [1.165, 1.54) is 9.13 Å². The lowest BCUT2D eigenvalue weighted by Gasteiger charge is -2.11. The molecule has 4 rings (SSSR count). The van der Waals surface area contributed by atoms with E-state index in [-0.39, 0.29) is 28.9 Å². The number of fused-ring (bicyclic) bond motifs is 1. The molecular formula is C28H32ClN5O3. The van der Waals surface area contributed by atoms with Crippen LogP contribution >= 0.6 is 11.6 Å². The van der Waals surface area contributed by atoms with Crippen LogP contribution in [0, 0.1) is 0 Å². The third-order valence-electron chi connectivity index (χ3n) is 6.40. The van der Waals surface area contributed by atoms with Gasteiger partial charge < -0.3 is 10.3 Å². The Morgan fingerprint density at radius 1 is 0.919 bits per heavy atom. The average Bonchev–Trinajstić information content (AvgIpc) is 3.31. The molecular weight excluding hydrogens is 490 g/mol. The van der Waals surface area contributed by atoms with E-state index in [0.717, 1.165) is 36.0 Å². The zero-order chi connectivity index (χ0) is 26.2. The van der Waals surface area contributed by atoms with Crippen molar-refractivity contribution in [2.24, 2.45) is 0 Å². The molecule has 0 aliphatic carbocycles. The predicted octanol–water partition coefficient (Wildman–Crippen LogP) is 4.88. The molecule has 0 aliphatic rings. The van der Waals surface area contributed by atoms with E-state index in [9.17, 15) is 14.4 Å². The summed E-state index contributed by atoms with van der Waals surface area (Å²) in [5, 5.41) is 3.03. The number of aromatic amines is 1. The molecule has 9 heteroatoms. The van der Waals surface area contributed by atoms with Crippen LogP contribution in [0.3, 0.4) is 0 Å². The number of benzene rings is 2. The highest BCUT2D eigenvalue weighted by atomic mass is 35.5. The van der Waals surface area contributed by atoms with Gasteiger partial charge in [0.15, 0.2) is 11.2 Å². The van der Waals surface area contributed by atoms with E-state index in [1.54, 1.807) is 0 Å². The lowest BCUT2D eigenvalue weighted by Crippen LogP contribution is -2.40. The SMILES string of the molecule is CCCCCn1c(=O)n(CCCCC(=O)NCc2ccc(-c3ccccc3)cc2)c(=O)c2[nH]c(Cl)nc21. The van der Waals surface area contributed by atoms with Gasteiger partial charge >= 0.3 is 5.69 Å². The summed E-state index contributed by atoms with van der Waals surface area (Å²) in [6.45, 7) is 3.24. The van der Waals surface area contributed by atoms with Gasteiger partial charge in [0.1, 0.15) is 0 Å². The first-order valence-corrected chi connectivity index (χ1v) is 13.2. The average molecular weight is 522 g/mol. The molecule has 0 aliphatic heterocycles. The fourth-order valence-electron chi connectivity index (χ4n) is 4.35. The standard InChI is InChI=1S/C28H32ClN5O3/c1-2-3-8-17-33-25-24(31-27(29)32-25)26(36)34(28(33)37)18-9-7-12-23(35)30-19-20-13-15-22(16-14-20)21-10-5-4-6-11-21/h4-6,10-11,13-16H,2-3,7-9,12,17-19H2,1H3,(H,30,35)(H,31,32). The highest BCUT2D eigenvalue weighted by molar-refractivity contribution is 6.29. The van der Waals surface area contributed by atoms with Crippen LogP contribution < -0.4 is 16.6 Å². The number of aromatic nitrogens is 4. The highest BCUT2D eigenvalue weighted by Gasteiger charge is 2.16. The first-order chi connectivity index (χ1) is 18.0. The normalized spacial score (nSPS) is 11.2. The first kappa shape index (κ1) is 26.4. The number of nitrogens with one attached hydrogen (secondary N) is 2. The topological polar surface area (TPSA) is 102 Å². The number of hydrogen-bond acceptors (Lipinski definition) is 4. The summed E-state index contributed by atoms with van der Waals surface area (Å²) < 4.78 is 2.74. The molecule has 2 heterocycles. The molecule has 8 nitrogen and oxygen atoms in total. The van der Waals surface area contributed by atoms with E-state index in [2.05, 4.69) is 34.3 Å². The second-order valence-corrected chi connectivity index (χ2v) is 9.48. The minimum Gasteiger partial charge on any atom is -0.352 e. The van der Waals surface area contributed by atoms with Crippen molar-refractivity contribution in [1.82, 2.24) is 24.4 Å². The van der Waals surface area contributed by atoms with Crippen LogP contribution in [0.4, 0.5) is 0 Å². The molecule has 0 saturated heterocycles. The molecule has 0 atom stereocenters. The third kappa shape index (κ3) is 6.57. The van der Waals surface area contributed by atoms with E-state index >= 15 is 0 Å². The second kappa shape index (κ2) is 12.5. The summed E-state index contributed by atoms with van der Waals surface area (Å²) in [4.78, 5) is 45.2. The number of imidazole rings is 1. The molecule has 194 valence electrons. The lowest BCUT2D eigenvalue weighted by molar-refractivity contribution is -0.121. The van der Waals surface area contributed by atoms with Gasteiger partial charge in [0.25, 0.3) is 5.56 Å². The van der Waals surface area contributed by atoms with Crippen molar-refractivity contribution >= 4 is 28.7 Å². The van der Waals surface area contributed by atoms with Crippen molar-refractivity contribution in [3.8, 4) is 11.1 Å². The maximum absolute atomic E-state index is 13.1. The van der Waals surface area contributed by atoms with Gasteiger partial charge in [-0.3, -0.25) is 18.7 Å². The molecule has 2 aromatic carbocycles. The maximum Gasteiger partial charge on any atom is 0.332 e. The summed E-state index contributed by atoms with van der Waals surface area (Å²) in [6, 6.07) is 18.3. The van der Waals surface area contributed by atoms with E-state index in [0.29, 0.717) is 38.0 Å². The number of H-pyrrole nitrogens is 1. The Kier molecular flexibility index (Phi) is 8.95.